The third kappa shape index (κ3) is 3.73. The van der Waals surface area contributed by atoms with Crippen molar-refractivity contribution in [2.75, 3.05) is 20.8 Å². The van der Waals surface area contributed by atoms with Crippen LogP contribution in [0.4, 0.5) is 4.39 Å². The third-order valence-electron chi connectivity index (χ3n) is 2.92. The zero-order valence-electron chi connectivity index (χ0n) is 10.9. The molecule has 0 saturated carbocycles. The topological polar surface area (TPSA) is 38.5 Å². The van der Waals surface area contributed by atoms with Crippen LogP contribution in [0.3, 0.4) is 0 Å². The van der Waals surface area contributed by atoms with Crippen molar-refractivity contribution >= 4 is 17.2 Å². The maximum absolute atomic E-state index is 14.1. The number of rotatable bonds is 6. The fraction of sp³-hybridized carbons (Fsp3) is 0.462. The number of nitrogens with zero attached hydrogens (tertiary/aromatic N) is 1. The first-order valence-electron chi connectivity index (χ1n) is 5.73. The molecule has 2 N–H and O–H groups in total. The first-order chi connectivity index (χ1) is 8.47. The highest BCUT2D eigenvalue weighted by molar-refractivity contribution is 7.80. The Balaban J connectivity index is 2.85. The molecular weight excluding hydrogens is 251 g/mol. The molecule has 0 fully saturated rings. The van der Waals surface area contributed by atoms with Gasteiger partial charge in [0.15, 0.2) is 0 Å². The van der Waals surface area contributed by atoms with E-state index in [1.54, 1.807) is 25.3 Å². The molecule has 0 saturated heterocycles. The summed E-state index contributed by atoms with van der Waals surface area (Å²) in [6.45, 7) is 3.12. The van der Waals surface area contributed by atoms with E-state index in [1.807, 2.05) is 18.9 Å². The van der Waals surface area contributed by atoms with Gasteiger partial charge in [-0.2, -0.15) is 0 Å². The second-order valence-corrected chi connectivity index (χ2v) is 4.80. The van der Waals surface area contributed by atoms with Gasteiger partial charge >= 0.3 is 0 Å². The minimum atomic E-state index is -0.332. The van der Waals surface area contributed by atoms with Crippen molar-refractivity contribution in [2.45, 2.75) is 19.5 Å². The zero-order valence-corrected chi connectivity index (χ0v) is 11.8. The number of likely N-dealkylation sites (N-methyl/N-ethyl adjacent to an activating group) is 1. The van der Waals surface area contributed by atoms with Gasteiger partial charge in [0.2, 0.25) is 0 Å². The molecule has 1 atom stereocenters. The molecule has 1 aromatic carbocycles. The lowest BCUT2D eigenvalue weighted by atomic mass is 10.1. The van der Waals surface area contributed by atoms with E-state index in [9.17, 15) is 4.39 Å². The Morgan fingerprint density at radius 3 is 2.78 bits per heavy atom. The molecule has 0 spiro atoms. The largest absolute Gasteiger partial charge is 0.389 e. The van der Waals surface area contributed by atoms with Crippen LogP contribution in [0.25, 0.3) is 0 Å². The maximum Gasteiger partial charge on any atom is 0.137 e. The highest BCUT2D eigenvalue weighted by atomic mass is 32.1. The summed E-state index contributed by atoms with van der Waals surface area (Å²) in [5.74, 6) is -0.332. The van der Waals surface area contributed by atoms with Gasteiger partial charge in [0, 0.05) is 30.8 Å². The monoisotopic (exact) mass is 270 g/mol. The van der Waals surface area contributed by atoms with Gasteiger partial charge in [0.05, 0.1) is 6.61 Å². The van der Waals surface area contributed by atoms with E-state index < -0.39 is 0 Å². The van der Waals surface area contributed by atoms with Crippen molar-refractivity contribution < 1.29 is 9.13 Å². The quantitative estimate of drug-likeness (QED) is 0.802. The van der Waals surface area contributed by atoms with Crippen LogP contribution in [-0.4, -0.2) is 36.7 Å². The average molecular weight is 270 g/mol. The standard InChI is InChI=1S/C13H19FN2OS/c1-9(8-17-3)16(2)7-10-5-4-6-11(12(10)14)13(15)18/h4-6,9H,7-8H2,1-3H3,(H2,15,18). The molecule has 1 rings (SSSR count). The van der Waals surface area contributed by atoms with E-state index in [0.717, 1.165) is 0 Å². The van der Waals surface area contributed by atoms with Crippen LogP contribution in [0.15, 0.2) is 18.2 Å². The third-order valence-corrected chi connectivity index (χ3v) is 3.14. The summed E-state index contributed by atoms with van der Waals surface area (Å²) in [4.78, 5) is 2.10. The number of thiocarbonyl (C=S) groups is 1. The first-order valence-corrected chi connectivity index (χ1v) is 6.14. The van der Waals surface area contributed by atoms with Crippen molar-refractivity contribution in [2.24, 2.45) is 5.73 Å². The molecule has 1 aromatic rings. The van der Waals surface area contributed by atoms with Crippen molar-refractivity contribution in [3.63, 3.8) is 0 Å². The normalized spacial score (nSPS) is 12.7. The number of benzene rings is 1. The molecule has 100 valence electrons. The lowest BCUT2D eigenvalue weighted by molar-refractivity contribution is 0.111. The number of hydrogen-bond acceptors (Lipinski definition) is 3. The second kappa shape index (κ2) is 6.78. The fourth-order valence-corrected chi connectivity index (χ4v) is 1.84. The Labute approximate surface area is 113 Å². The van der Waals surface area contributed by atoms with Crippen molar-refractivity contribution in [1.29, 1.82) is 0 Å². The van der Waals surface area contributed by atoms with Gasteiger partial charge in [0.1, 0.15) is 10.8 Å². The summed E-state index contributed by atoms with van der Waals surface area (Å²) in [6, 6.07) is 5.32. The van der Waals surface area contributed by atoms with Gasteiger partial charge in [-0.1, -0.05) is 24.4 Å². The van der Waals surface area contributed by atoms with Gasteiger partial charge in [-0.25, -0.2) is 4.39 Å². The van der Waals surface area contributed by atoms with Gasteiger partial charge in [-0.05, 0) is 20.0 Å². The predicted molar refractivity (Wildman–Crippen MR) is 75.1 cm³/mol. The molecule has 1 unspecified atom stereocenters. The Morgan fingerprint density at radius 1 is 1.56 bits per heavy atom. The van der Waals surface area contributed by atoms with Crippen molar-refractivity contribution in [1.82, 2.24) is 4.90 Å². The molecule has 5 heteroatoms. The summed E-state index contributed by atoms with van der Waals surface area (Å²) < 4.78 is 19.2. The van der Waals surface area contributed by atoms with Crippen LogP contribution in [-0.2, 0) is 11.3 Å². The second-order valence-electron chi connectivity index (χ2n) is 4.36. The zero-order chi connectivity index (χ0) is 13.7. The molecule has 0 amide bonds. The Hall–Kier alpha value is -1.04. The van der Waals surface area contributed by atoms with Gasteiger partial charge in [0.25, 0.3) is 0 Å². The number of halogens is 1. The van der Waals surface area contributed by atoms with Crippen molar-refractivity contribution in [3.8, 4) is 0 Å². The number of ether oxygens (including phenoxy) is 1. The Bertz CT molecular complexity index is 425. The van der Waals surface area contributed by atoms with E-state index in [4.69, 9.17) is 22.7 Å². The highest BCUT2D eigenvalue weighted by Crippen LogP contribution is 2.15. The van der Waals surface area contributed by atoms with Crippen molar-refractivity contribution in [3.05, 3.63) is 35.1 Å². The molecular formula is C13H19FN2OS. The Morgan fingerprint density at radius 2 is 2.22 bits per heavy atom. The molecule has 0 aliphatic carbocycles. The number of methoxy groups -OCH3 is 1. The Kier molecular flexibility index (Phi) is 5.65. The van der Waals surface area contributed by atoms with Crippen LogP contribution in [0.5, 0.6) is 0 Å². The maximum atomic E-state index is 14.1. The molecule has 18 heavy (non-hydrogen) atoms. The molecule has 0 radical (unpaired) electrons. The summed E-state index contributed by atoms with van der Waals surface area (Å²) >= 11 is 4.82. The molecule has 0 aromatic heterocycles. The van der Waals surface area contributed by atoms with E-state index in [2.05, 4.69) is 0 Å². The minimum absolute atomic E-state index is 0.0851. The van der Waals surface area contributed by atoms with Gasteiger partial charge < -0.3 is 10.5 Å². The van der Waals surface area contributed by atoms with E-state index >= 15 is 0 Å². The molecule has 0 heterocycles. The molecule has 0 aliphatic rings. The molecule has 3 nitrogen and oxygen atoms in total. The lowest BCUT2D eigenvalue weighted by Crippen LogP contribution is -2.32. The SMILES string of the molecule is COCC(C)N(C)Cc1cccc(C(N)=S)c1F. The number of hydrogen-bond donors (Lipinski definition) is 1. The molecule has 0 bridgehead atoms. The van der Waals surface area contributed by atoms with E-state index in [1.165, 1.54) is 0 Å². The summed E-state index contributed by atoms with van der Waals surface area (Å²) in [6.07, 6.45) is 0. The summed E-state index contributed by atoms with van der Waals surface area (Å²) in [5, 5.41) is 0. The fourth-order valence-electron chi connectivity index (χ4n) is 1.69. The predicted octanol–water partition coefficient (Wildman–Crippen LogP) is 1.93. The smallest absolute Gasteiger partial charge is 0.137 e. The summed E-state index contributed by atoms with van der Waals surface area (Å²) in [7, 11) is 3.58. The minimum Gasteiger partial charge on any atom is -0.389 e. The van der Waals surface area contributed by atoms with Crippen LogP contribution in [0.2, 0.25) is 0 Å². The van der Waals surface area contributed by atoms with E-state index in [0.29, 0.717) is 24.3 Å². The average Bonchev–Trinajstić information content (AvgIpc) is 2.31. The lowest BCUT2D eigenvalue weighted by Gasteiger charge is -2.24. The van der Waals surface area contributed by atoms with Crippen LogP contribution >= 0.6 is 12.2 Å². The van der Waals surface area contributed by atoms with Crippen LogP contribution in [0.1, 0.15) is 18.1 Å². The first kappa shape index (κ1) is 15.0. The highest BCUT2D eigenvalue weighted by Gasteiger charge is 2.14. The number of nitrogens with two attached hydrogens (primary N) is 1. The van der Waals surface area contributed by atoms with Gasteiger partial charge in [-0.15, -0.1) is 0 Å². The molecule has 0 aliphatic heterocycles. The van der Waals surface area contributed by atoms with Crippen LogP contribution < -0.4 is 5.73 Å². The van der Waals surface area contributed by atoms with E-state index in [-0.39, 0.29) is 16.8 Å². The van der Waals surface area contributed by atoms with Crippen LogP contribution in [0, 0.1) is 5.82 Å². The van der Waals surface area contributed by atoms with Gasteiger partial charge in [-0.3, -0.25) is 4.90 Å². The summed E-state index contributed by atoms with van der Waals surface area (Å²) in [5.41, 5.74) is 6.37.